The van der Waals surface area contributed by atoms with Crippen molar-refractivity contribution >= 4 is 29.1 Å². The summed E-state index contributed by atoms with van der Waals surface area (Å²) >= 11 is 0. The van der Waals surface area contributed by atoms with E-state index >= 15 is 0 Å². The summed E-state index contributed by atoms with van der Waals surface area (Å²) in [6.45, 7) is 5.98. The third-order valence-corrected chi connectivity index (χ3v) is 8.07. The van der Waals surface area contributed by atoms with E-state index in [9.17, 15) is 14.4 Å². The van der Waals surface area contributed by atoms with Gasteiger partial charge in [0.15, 0.2) is 0 Å². The number of benzene rings is 3. The van der Waals surface area contributed by atoms with Gasteiger partial charge >= 0.3 is 0 Å². The molecule has 0 saturated carbocycles. The Morgan fingerprint density at radius 1 is 0.829 bits per heavy atom. The molecular weight excluding hydrogens is 516 g/mol. The van der Waals surface area contributed by atoms with Crippen LogP contribution in [0.25, 0.3) is 0 Å². The van der Waals surface area contributed by atoms with Crippen LogP contribution < -0.4 is 15.0 Å². The van der Waals surface area contributed by atoms with Crippen LogP contribution in [0.4, 0.5) is 11.4 Å². The van der Waals surface area contributed by atoms with Gasteiger partial charge in [-0.2, -0.15) is 0 Å². The fourth-order valence-corrected chi connectivity index (χ4v) is 5.72. The molecule has 0 spiro atoms. The van der Waals surface area contributed by atoms with Crippen molar-refractivity contribution in [1.29, 1.82) is 0 Å². The van der Waals surface area contributed by atoms with Crippen LogP contribution in [0.5, 0.6) is 5.75 Å². The average molecular weight is 555 g/mol. The first-order chi connectivity index (χ1) is 20.0. The maximum Gasteiger partial charge on any atom is 0.256 e. The Balaban J connectivity index is 1.32. The van der Waals surface area contributed by atoms with Gasteiger partial charge in [-0.15, -0.1) is 0 Å². The highest BCUT2D eigenvalue weighted by molar-refractivity contribution is 6.06. The maximum absolute atomic E-state index is 13.7. The summed E-state index contributed by atoms with van der Waals surface area (Å²) in [5.74, 6) is 0.408. The molecular formula is C33H38N4O4. The number of nitrogens with zero attached hydrogens (tertiary/aromatic N) is 3. The van der Waals surface area contributed by atoms with Crippen molar-refractivity contribution < 1.29 is 19.1 Å². The number of carbonyl (C=O) groups excluding carboxylic acids is 3. The van der Waals surface area contributed by atoms with Gasteiger partial charge < -0.3 is 24.8 Å². The Bertz CT molecular complexity index is 1360. The minimum Gasteiger partial charge on any atom is -0.497 e. The van der Waals surface area contributed by atoms with Gasteiger partial charge in [0, 0.05) is 56.2 Å². The molecule has 0 bridgehead atoms. The first-order valence-corrected chi connectivity index (χ1v) is 14.5. The lowest BCUT2D eigenvalue weighted by Crippen LogP contribution is -2.50. The van der Waals surface area contributed by atoms with Gasteiger partial charge in [-0.1, -0.05) is 37.3 Å². The Hall–Kier alpha value is -4.33. The zero-order valence-electron chi connectivity index (χ0n) is 23.8. The number of nitrogens with one attached hydrogen (secondary N) is 1. The number of hydrogen-bond donors (Lipinski definition) is 1. The Kier molecular flexibility index (Phi) is 8.87. The number of piperazine rings is 1. The van der Waals surface area contributed by atoms with Crippen molar-refractivity contribution in [1.82, 2.24) is 9.80 Å². The van der Waals surface area contributed by atoms with E-state index in [-0.39, 0.29) is 23.6 Å². The number of carbonyl (C=O) groups is 3. The minimum atomic E-state index is -0.254. The molecule has 0 aromatic heterocycles. The molecule has 8 heteroatoms. The number of likely N-dealkylation sites (tertiary alicyclic amines) is 1. The Morgan fingerprint density at radius 3 is 2.15 bits per heavy atom. The molecule has 2 heterocycles. The van der Waals surface area contributed by atoms with Crippen LogP contribution in [0.3, 0.4) is 0 Å². The molecule has 2 aliphatic rings. The fraction of sp³-hybridized carbons (Fsp3) is 0.364. The van der Waals surface area contributed by atoms with Crippen molar-refractivity contribution in [3.63, 3.8) is 0 Å². The third-order valence-electron chi connectivity index (χ3n) is 8.07. The summed E-state index contributed by atoms with van der Waals surface area (Å²) in [4.78, 5) is 46.0. The van der Waals surface area contributed by atoms with Crippen molar-refractivity contribution in [2.24, 2.45) is 0 Å². The van der Waals surface area contributed by atoms with E-state index in [1.807, 2.05) is 52.3 Å². The zero-order chi connectivity index (χ0) is 28.8. The molecule has 5 rings (SSSR count). The van der Waals surface area contributed by atoms with Gasteiger partial charge in [-0.3, -0.25) is 14.4 Å². The molecule has 3 aromatic carbocycles. The second-order valence-electron chi connectivity index (χ2n) is 10.6. The van der Waals surface area contributed by atoms with Gasteiger partial charge in [0.05, 0.1) is 18.6 Å². The monoisotopic (exact) mass is 554 g/mol. The van der Waals surface area contributed by atoms with Crippen LogP contribution in [0, 0.1) is 0 Å². The molecule has 2 aliphatic heterocycles. The molecule has 3 aromatic rings. The minimum absolute atomic E-state index is 0.0216. The van der Waals surface area contributed by atoms with Gasteiger partial charge in [0.2, 0.25) is 5.91 Å². The van der Waals surface area contributed by atoms with Gasteiger partial charge in [0.1, 0.15) is 5.75 Å². The van der Waals surface area contributed by atoms with Crippen molar-refractivity contribution in [2.45, 2.75) is 32.1 Å². The van der Waals surface area contributed by atoms with Gasteiger partial charge in [0.25, 0.3) is 11.8 Å². The normalized spacial score (nSPS) is 15.9. The van der Waals surface area contributed by atoms with Crippen molar-refractivity contribution in [3.8, 4) is 5.75 Å². The molecule has 41 heavy (non-hydrogen) atoms. The SMILES string of the molecule is CC[C@H](C(=O)N1CCN(c2ccc(NC(=O)c3ccc(OC)cc3)cc2C(=O)N2CCCC2)CC1)c1ccccc1. The molecule has 214 valence electrons. The number of anilines is 2. The molecule has 0 aliphatic carbocycles. The summed E-state index contributed by atoms with van der Waals surface area (Å²) < 4.78 is 5.19. The maximum atomic E-state index is 13.7. The number of ether oxygens (including phenoxy) is 1. The second-order valence-corrected chi connectivity index (χ2v) is 10.6. The van der Waals surface area contributed by atoms with Gasteiger partial charge in [-0.25, -0.2) is 0 Å². The predicted molar refractivity (Wildman–Crippen MR) is 161 cm³/mol. The lowest BCUT2D eigenvalue weighted by atomic mass is 9.94. The van der Waals surface area contributed by atoms with Crippen LogP contribution >= 0.6 is 0 Å². The van der Waals surface area contributed by atoms with E-state index in [0.29, 0.717) is 48.7 Å². The summed E-state index contributed by atoms with van der Waals surface area (Å²) in [7, 11) is 1.58. The molecule has 0 unspecified atom stereocenters. The number of rotatable bonds is 8. The highest BCUT2D eigenvalue weighted by Crippen LogP contribution is 2.30. The summed E-state index contributed by atoms with van der Waals surface area (Å²) in [6, 6.07) is 22.4. The van der Waals surface area contributed by atoms with Crippen LogP contribution in [0.1, 0.15) is 58.4 Å². The number of methoxy groups -OCH3 is 1. The fourth-order valence-electron chi connectivity index (χ4n) is 5.72. The summed E-state index contributed by atoms with van der Waals surface area (Å²) in [5.41, 5.74) is 3.54. The molecule has 1 atom stereocenters. The first kappa shape index (κ1) is 28.2. The van der Waals surface area contributed by atoms with Gasteiger partial charge in [-0.05, 0) is 67.3 Å². The molecule has 2 fully saturated rings. The van der Waals surface area contributed by atoms with Crippen LogP contribution in [0.15, 0.2) is 72.8 Å². The second kappa shape index (κ2) is 12.9. The standard InChI is InChI=1S/C33H38N4O4/c1-3-28(24-9-5-4-6-10-24)32(39)37-21-19-35(20-22-37)30-16-13-26(23-29(30)33(40)36-17-7-8-18-36)34-31(38)25-11-14-27(41-2)15-12-25/h4-6,9-16,23,28H,3,7-8,17-22H2,1-2H3,(H,34,38)/t28-/m0/s1. The van der Waals surface area contributed by atoms with E-state index < -0.39 is 0 Å². The first-order valence-electron chi connectivity index (χ1n) is 14.5. The quantitative estimate of drug-likeness (QED) is 0.423. The molecule has 2 saturated heterocycles. The van der Waals surface area contributed by atoms with Crippen molar-refractivity contribution in [3.05, 3.63) is 89.5 Å². The van der Waals surface area contributed by atoms with E-state index in [0.717, 1.165) is 43.6 Å². The van der Waals surface area contributed by atoms with E-state index in [1.54, 1.807) is 37.4 Å². The highest BCUT2D eigenvalue weighted by atomic mass is 16.5. The van der Waals surface area contributed by atoms with E-state index in [2.05, 4.69) is 17.1 Å². The average Bonchev–Trinajstić information content (AvgIpc) is 3.57. The van der Waals surface area contributed by atoms with Crippen LogP contribution in [-0.2, 0) is 4.79 Å². The van der Waals surface area contributed by atoms with E-state index in [4.69, 9.17) is 4.74 Å². The molecule has 3 amide bonds. The summed E-state index contributed by atoms with van der Waals surface area (Å²) in [6.07, 6.45) is 2.74. The largest absolute Gasteiger partial charge is 0.497 e. The van der Waals surface area contributed by atoms with E-state index in [1.165, 1.54) is 0 Å². The summed E-state index contributed by atoms with van der Waals surface area (Å²) in [5, 5.41) is 2.95. The Morgan fingerprint density at radius 2 is 1.51 bits per heavy atom. The zero-order valence-corrected chi connectivity index (χ0v) is 23.8. The number of hydrogen-bond acceptors (Lipinski definition) is 5. The molecule has 0 radical (unpaired) electrons. The number of amides is 3. The lowest BCUT2D eigenvalue weighted by molar-refractivity contribution is -0.133. The predicted octanol–water partition coefficient (Wildman–Crippen LogP) is 5.03. The van der Waals surface area contributed by atoms with Crippen LogP contribution in [-0.4, -0.2) is 73.9 Å². The third kappa shape index (κ3) is 6.37. The molecule has 8 nitrogen and oxygen atoms in total. The van der Waals surface area contributed by atoms with Crippen molar-refractivity contribution in [2.75, 3.05) is 56.6 Å². The smallest absolute Gasteiger partial charge is 0.256 e. The Labute approximate surface area is 241 Å². The highest BCUT2D eigenvalue weighted by Gasteiger charge is 2.30. The molecule has 1 N–H and O–H groups in total. The lowest BCUT2D eigenvalue weighted by Gasteiger charge is -2.38. The van der Waals surface area contributed by atoms with Crippen LogP contribution in [0.2, 0.25) is 0 Å². The topological polar surface area (TPSA) is 82.2 Å².